The Labute approximate surface area is 189 Å². The van der Waals surface area contributed by atoms with E-state index in [0.29, 0.717) is 5.91 Å². The monoisotopic (exact) mass is 445 g/mol. The summed E-state index contributed by atoms with van der Waals surface area (Å²) in [5.41, 5.74) is 5.01. The second-order valence-corrected chi connectivity index (χ2v) is 10.6. The Morgan fingerprint density at radius 1 is 1.25 bits per heavy atom. The number of thiophene rings is 1. The largest absolute Gasteiger partial charge is 0.380 e. The molecule has 2 fully saturated rings. The number of carbonyl (C=O) groups is 1. The van der Waals surface area contributed by atoms with Gasteiger partial charge in [0.15, 0.2) is 0 Å². The Morgan fingerprint density at radius 2 is 2.16 bits per heavy atom. The number of benzene rings is 1. The van der Waals surface area contributed by atoms with Crippen LogP contribution in [0.4, 0.5) is 11.5 Å². The zero-order valence-corrected chi connectivity index (χ0v) is 18.5. The van der Waals surface area contributed by atoms with Gasteiger partial charge >= 0.3 is 0 Å². The van der Waals surface area contributed by atoms with Crippen molar-refractivity contribution in [2.75, 3.05) is 31.6 Å². The molecule has 1 amide bonds. The number of fused-ring (bicyclic) bond motifs is 4. The average molecular weight is 446 g/mol. The van der Waals surface area contributed by atoms with E-state index in [2.05, 4.69) is 38.5 Å². The number of anilines is 2. The van der Waals surface area contributed by atoms with Crippen LogP contribution in [-0.4, -0.2) is 53.3 Å². The number of likely N-dealkylation sites (tertiary alicyclic amines) is 1. The predicted molar refractivity (Wildman–Crippen MR) is 124 cm³/mol. The van der Waals surface area contributed by atoms with Gasteiger partial charge in [0.1, 0.15) is 17.0 Å². The van der Waals surface area contributed by atoms with Gasteiger partial charge in [-0.2, -0.15) is 0 Å². The summed E-state index contributed by atoms with van der Waals surface area (Å²) < 4.78 is 5.35. The highest BCUT2D eigenvalue weighted by Gasteiger charge is 2.51. The molecule has 0 saturated carbocycles. The summed E-state index contributed by atoms with van der Waals surface area (Å²) in [7, 11) is 0. The number of nitrogens with one attached hydrogen (secondary N) is 1. The van der Waals surface area contributed by atoms with E-state index < -0.39 is 0 Å². The van der Waals surface area contributed by atoms with Crippen LogP contribution in [-0.2, 0) is 28.9 Å². The minimum atomic E-state index is 0.0780. The summed E-state index contributed by atoms with van der Waals surface area (Å²) in [6.45, 7) is 4.12. The molecule has 2 saturated heterocycles. The summed E-state index contributed by atoms with van der Waals surface area (Å²) >= 11 is 1.72. The highest BCUT2D eigenvalue weighted by atomic mass is 32.1. The summed E-state index contributed by atoms with van der Waals surface area (Å²) in [6.07, 6.45) is 6.15. The normalized spacial score (nSPS) is 22.4. The van der Waals surface area contributed by atoms with E-state index in [9.17, 15) is 4.79 Å². The zero-order chi connectivity index (χ0) is 21.3. The molecule has 0 bridgehead atoms. The molecule has 4 aliphatic rings. The lowest BCUT2D eigenvalue weighted by Gasteiger charge is -2.55. The number of rotatable bonds is 3. The van der Waals surface area contributed by atoms with Crippen LogP contribution in [0.1, 0.15) is 28.0 Å². The molecule has 1 N–H and O–H groups in total. The number of carbonyl (C=O) groups excluding carboxylic acids is 1. The highest BCUT2D eigenvalue weighted by molar-refractivity contribution is 7.19. The van der Waals surface area contributed by atoms with Gasteiger partial charge in [-0.25, -0.2) is 9.97 Å². The fourth-order valence-corrected chi connectivity index (χ4v) is 6.75. The maximum absolute atomic E-state index is 13.1. The predicted octanol–water partition coefficient (Wildman–Crippen LogP) is 3.33. The lowest BCUT2D eigenvalue weighted by atomic mass is 9.76. The van der Waals surface area contributed by atoms with E-state index in [1.54, 1.807) is 17.7 Å². The molecule has 8 heteroatoms. The third-order valence-electron chi connectivity index (χ3n) is 7.28. The van der Waals surface area contributed by atoms with Gasteiger partial charge in [-0.3, -0.25) is 9.79 Å². The highest BCUT2D eigenvalue weighted by Crippen LogP contribution is 2.43. The molecule has 1 atom stereocenters. The fourth-order valence-electron chi connectivity index (χ4n) is 5.48. The molecular formula is C24H23N5O2S. The third-order valence-corrected chi connectivity index (χ3v) is 8.44. The molecule has 5 heterocycles. The van der Waals surface area contributed by atoms with Gasteiger partial charge in [-0.15, -0.1) is 11.3 Å². The Hall–Kier alpha value is -2.84. The number of hydrogen-bond acceptors (Lipinski definition) is 7. The molecule has 3 aliphatic heterocycles. The van der Waals surface area contributed by atoms with Crippen molar-refractivity contribution in [3.63, 3.8) is 0 Å². The Balaban J connectivity index is 1.15. The molecule has 2 aromatic heterocycles. The zero-order valence-electron chi connectivity index (χ0n) is 17.6. The van der Waals surface area contributed by atoms with Crippen LogP contribution in [0.25, 0.3) is 10.2 Å². The number of aromatic nitrogens is 2. The van der Waals surface area contributed by atoms with Crippen molar-refractivity contribution in [3.8, 4) is 0 Å². The van der Waals surface area contributed by atoms with Crippen molar-refractivity contribution in [3.05, 3.63) is 46.1 Å². The van der Waals surface area contributed by atoms with Gasteiger partial charge in [-0.1, -0.05) is 6.07 Å². The minimum absolute atomic E-state index is 0.0780. The van der Waals surface area contributed by atoms with E-state index in [4.69, 9.17) is 4.74 Å². The molecule has 1 aliphatic carbocycles. The van der Waals surface area contributed by atoms with Crippen molar-refractivity contribution in [2.24, 2.45) is 16.3 Å². The van der Waals surface area contributed by atoms with E-state index in [0.717, 1.165) is 79.4 Å². The Bertz CT molecular complexity index is 1290. The third kappa shape index (κ3) is 2.82. The number of hydrogen-bond donors (Lipinski definition) is 1. The van der Waals surface area contributed by atoms with Crippen LogP contribution in [0.3, 0.4) is 0 Å². The lowest BCUT2D eigenvalue weighted by molar-refractivity contribution is -0.197. The molecule has 0 unspecified atom stereocenters. The standard InChI is InChI=1S/C24H23N5O2S/c30-23(29-9-24(10-29)11-31-12-24)14-2-4-18-19(6-14)32-22-20(18)21(26-13-27-22)28-17-3-1-15-7-25-8-16(15)5-17/h1,3,5,8,13-14H,2,4,6-7,9-12H2,(H,26,27,28)/t14-/m0/s1. The van der Waals surface area contributed by atoms with Crippen LogP contribution in [0, 0.1) is 11.3 Å². The average Bonchev–Trinajstić information content (AvgIpc) is 3.35. The molecule has 0 radical (unpaired) electrons. The van der Waals surface area contributed by atoms with E-state index >= 15 is 0 Å². The van der Waals surface area contributed by atoms with Crippen LogP contribution in [0.2, 0.25) is 0 Å². The van der Waals surface area contributed by atoms with Gasteiger partial charge in [-0.05, 0) is 48.1 Å². The fraction of sp³-hybridized carbons (Fsp3) is 0.417. The first-order chi connectivity index (χ1) is 15.7. The lowest BCUT2D eigenvalue weighted by Crippen LogP contribution is -2.68. The number of nitrogens with zero attached hydrogens (tertiary/aromatic N) is 4. The van der Waals surface area contributed by atoms with Crippen LogP contribution in [0.5, 0.6) is 0 Å². The van der Waals surface area contributed by atoms with Crippen molar-refractivity contribution < 1.29 is 9.53 Å². The number of aryl methyl sites for hydroxylation is 1. The molecule has 3 aromatic rings. The summed E-state index contributed by atoms with van der Waals surface area (Å²) in [6, 6.07) is 6.33. The van der Waals surface area contributed by atoms with E-state index in [1.807, 2.05) is 11.1 Å². The van der Waals surface area contributed by atoms with Crippen LogP contribution < -0.4 is 5.32 Å². The van der Waals surface area contributed by atoms with Gasteiger partial charge in [0.05, 0.1) is 30.6 Å². The second-order valence-electron chi connectivity index (χ2n) is 9.54. The molecule has 7 nitrogen and oxygen atoms in total. The van der Waals surface area contributed by atoms with Gasteiger partial charge in [0.2, 0.25) is 5.91 Å². The maximum atomic E-state index is 13.1. The van der Waals surface area contributed by atoms with E-state index in [-0.39, 0.29) is 11.3 Å². The first-order valence-corrected chi connectivity index (χ1v) is 12.0. The van der Waals surface area contributed by atoms with Crippen molar-refractivity contribution in [1.82, 2.24) is 14.9 Å². The molecule has 7 rings (SSSR count). The molecule has 32 heavy (non-hydrogen) atoms. The van der Waals surface area contributed by atoms with Gasteiger partial charge in [0.25, 0.3) is 0 Å². The number of amides is 1. The minimum Gasteiger partial charge on any atom is -0.380 e. The maximum Gasteiger partial charge on any atom is 0.226 e. The first-order valence-electron chi connectivity index (χ1n) is 11.2. The Morgan fingerprint density at radius 3 is 3.00 bits per heavy atom. The van der Waals surface area contributed by atoms with Crippen molar-refractivity contribution in [1.29, 1.82) is 0 Å². The molecule has 162 valence electrons. The molecular weight excluding hydrogens is 422 g/mol. The molecule has 1 aromatic carbocycles. The summed E-state index contributed by atoms with van der Waals surface area (Å²) in [5, 5.41) is 4.63. The summed E-state index contributed by atoms with van der Waals surface area (Å²) in [5.74, 6) is 1.24. The number of aliphatic imine (C=N–C) groups is 1. The topological polar surface area (TPSA) is 79.7 Å². The molecule has 1 spiro atoms. The smallest absolute Gasteiger partial charge is 0.226 e. The van der Waals surface area contributed by atoms with Crippen molar-refractivity contribution in [2.45, 2.75) is 25.8 Å². The van der Waals surface area contributed by atoms with Crippen molar-refractivity contribution >= 4 is 45.2 Å². The van der Waals surface area contributed by atoms with Crippen LogP contribution >= 0.6 is 11.3 Å². The van der Waals surface area contributed by atoms with E-state index in [1.165, 1.54) is 16.0 Å². The second kappa shape index (κ2) is 6.83. The quantitative estimate of drug-likeness (QED) is 0.669. The first kappa shape index (κ1) is 18.7. The number of ether oxygens (including phenoxy) is 1. The van der Waals surface area contributed by atoms with Gasteiger partial charge < -0.3 is 15.0 Å². The van der Waals surface area contributed by atoms with Gasteiger partial charge in [0, 0.05) is 35.8 Å². The summed E-state index contributed by atoms with van der Waals surface area (Å²) in [4.78, 5) is 30.9. The SMILES string of the molecule is O=C([C@H]1CCc2c(sc3ncnc(Nc4ccc5c(c4)C=NC5)c23)C1)N1CC2(COC2)C1. The Kier molecular flexibility index (Phi) is 3.99. The van der Waals surface area contributed by atoms with Crippen LogP contribution in [0.15, 0.2) is 29.5 Å².